The summed E-state index contributed by atoms with van der Waals surface area (Å²) < 4.78 is 32.2. The van der Waals surface area contributed by atoms with E-state index in [1.165, 1.54) is 14.1 Å². The van der Waals surface area contributed by atoms with Crippen molar-refractivity contribution >= 4 is 21.6 Å². The molecule has 0 spiro atoms. The Morgan fingerprint density at radius 1 is 0.957 bits per heavy atom. The van der Waals surface area contributed by atoms with Gasteiger partial charge < -0.3 is 10.1 Å². The lowest BCUT2D eigenvalue weighted by atomic mass is 10.2. The van der Waals surface area contributed by atoms with Crippen molar-refractivity contribution in [2.24, 2.45) is 0 Å². The molecule has 6 nitrogen and oxygen atoms in total. The summed E-state index contributed by atoms with van der Waals surface area (Å²) in [6.45, 7) is 0.673. The van der Waals surface area contributed by atoms with Crippen LogP contribution in [0.15, 0.2) is 48.5 Å². The molecule has 0 bridgehead atoms. The van der Waals surface area contributed by atoms with Crippen molar-refractivity contribution in [3.8, 4) is 5.75 Å². The second-order valence-corrected chi connectivity index (χ2v) is 7.05. The van der Waals surface area contributed by atoms with Crippen molar-refractivity contribution in [1.29, 1.82) is 0 Å². The molecule has 0 saturated carbocycles. The van der Waals surface area contributed by atoms with E-state index >= 15 is 0 Å². The minimum absolute atomic E-state index is 0.522. The standard InChI is InChI=1S/C16H21N3O3S/c1-19(2)23(20,21)18-15-8-6-14(7-9-15)17-12-13-4-10-16(22-3)11-5-13/h4-11,17-18H,12H2,1-3H3. The average molecular weight is 335 g/mol. The zero-order valence-electron chi connectivity index (χ0n) is 13.4. The Balaban J connectivity index is 1.94. The normalized spacial score (nSPS) is 11.3. The highest BCUT2D eigenvalue weighted by atomic mass is 32.2. The van der Waals surface area contributed by atoms with Crippen molar-refractivity contribution in [2.45, 2.75) is 6.54 Å². The number of ether oxygens (including phenoxy) is 1. The number of hydrogen-bond acceptors (Lipinski definition) is 4. The van der Waals surface area contributed by atoms with Crippen LogP contribution in [0.4, 0.5) is 11.4 Å². The molecule has 0 atom stereocenters. The number of benzene rings is 2. The highest BCUT2D eigenvalue weighted by Crippen LogP contribution is 2.17. The molecular formula is C16H21N3O3S. The van der Waals surface area contributed by atoms with Crippen molar-refractivity contribution in [3.05, 3.63) is 54.1 Å². The predicted molar refractivity (Wildman–Crippen MR) is 93.0 cm³/mol. The number of hydrogen-bond donors (Lipinski definition) is 2. The molecule has 0 aliphatic rings. The van der Waals surface area contributed by atoms with Gasteiger partial charge in [0, 0.05) is 32.0 Å². The summed E-state index contributed by atoms with van der Waals surface area (Å²) in [5.41, 5.74) is 2.56. The maximum absolute atomic E-state index is 11.7. The summed E-state index contributed by atoms with van der Waals surface area (Å²) in [4.78, 5) is 0. The van der Waals surface area contributed by atoms with E-state index < -0.39 is 10.2 Å². The first-order valence-electron chi connectivity index (χ1n) is 7.08. The van der Waals surface area contributed by atoms with Gasteiger partial charge in [-0.1, -0.05) is 12.1 Å². The van der Waals surface area contributed by atoms with Crippen molar-refractivity contribution in [1.82, 2.24) is 4.31 Å². The second kappa shape index (κ2) is 7.34. The van der Waals surface area contributed by atoms with Gasteiger partial charge in [-0.05, 0) is 42.0 Å². The third-order valence-corrected chi connectivity index (χ3v) is 4.72. The van der Waals surface area contributed by atoms with Gasteiger partial charge in [0.2, 0.25) is 0 Å². The Morgan fingerprint density at radius 2 is 1.52 bits per heavy atom. The highest BCUT2D eigenvalue weighted by molar-refractivity contribution is 7.90. The maximum atomic E-state index is 11.7. The van der Waals surface area contributed by atoms with Crippen LogP contribution >= 0.6 is 0 Å². The van der Waals surface area contributed by atoms with E-state index in [-0.39, 0.29) is 0 Å². The molecule has 124 valence electrons. The molecule has 0 amide bonds. The van der Waals surface area contributed by atoms with E-state index in [1.54, 1.807) is 19.2 Å². The quantitative estimate of drug-likeness (QED) is 0.816. The third kappa shape index (κ3) is 4.87. The molecule has 7 heteroatoms. The molecular weight excluding hydrogens is 314 g/mol. The zero-order chi connectivity index (χ0) is 16.9. The van der Waals surface area contributed by atoms with Gasteiger partial charge in [-0.25, -0.2) is 0 Å². The summed E-state index contributed by atoms with van der Waals surface area (Å²) in [7, 11) is 1.12. The van der Waals surface area contributed by atoms with E-state index in [0.717, 1.165) is 21.3 Å². The molecule has 0 fully saturated rings. The van der Waals surface area contributed by atoms with Crippen LogP contribution in [0.25, 0.3) is 0 Å². The number of rotatable bonds is 7. The number of nitrogens with zero attached hydrogens (tertiary/aromatic N) is 1. The molecule has 0 aromatic heterocycles. The van der Waals surface area contributed by atoms with Gasteiger partial charge in [-0.2, -0.15) is 12.7 Å². The van der Waals surface area contributed by atoms with Gasteiger partial charge in [-0.15, -0.1) is 0 Å². The van der Waals surface area contributed by atoms with Crippen LogP contribution in [0.2, 0.25) is 0 Å². The van der Waals surface area contributed by atoms with Crippen LogP contribution < -0.4 is 14.8 Å². The number of nitrogens with one attached hydrogen (secondary N) is 2. The maximum Gasteiger partial charge on any atom is 0.301 e. The summed E-state index contributed by atoms with van der Waals surface area (Å²) >= 11 is 0. The molecule has 0 unspecified atom stereocenters. The van der Waals surface area contributed by atoms with E-state index in [4.69, 9.17) is 4.74 Å². The molecule has 2 N–H and O–H groups in total. The van der Waals surface area contributed by atoms with Gasteiger partial charge in [0.15, 0.2) is 0 Å². The Labute approximate surface area is 137 Å². The smallest absolute Gasteiger partial charge is 0.301 e. The summed E-state index contributed by atoms with van der Waals surface area (Å²) in [5.74, 6) is 0.825. The molecule has 23 heavy (non-hydrogen) atoms. The van der Waals surface area contributed by atoms with Crippen LogP contribution in [0.3, 0.4) is 0 Å². The number of methoxy groups -OCH3 is 1. The summed E-state index contributed by atoms with van der Waals surface area (Å²) in [5, 5.41) is 3.28. The monoisotopic (exact) mass is 335 g/mol. The molecule has 2 aromatic carbocycles. The Morgan fingerprint density at radius 3 is 2.04 bits per heavy atom. The lowest BCUT2D eigenvalue weighted by molar-refractivity contribution is 0.414. The van der Waals surface area contributed by atoms with E-state index in [0.29, 0.717) is 12.2 Å². The predicted octanol–water partition coefficient (Wildman–Crippen LogP) is 2.53. The van der Waals surface area contributed by atoms with Crippen LogP contribution in [0.1, 0.15) is 5.56 Å². The van der Waals surface area contributed by atoms with Crippen molar-refractivity contribution in [2.75, 3.05) is 31.2 Å². The molecule has 0 aliphatic carbocycles. The Bertz CT molecular complexity index is 726. The van der Waals surface area contributed by atoms with E-state index in [2.05, 4.69) is 10.0 Å². The first kappa shape index (κ1) is 17.1. The fourth-order valence-electron chi connectivity index (χ4n) is 1.84. The Hall–Kier alpha value is -2.25. The van der Waals surface area contributed by atoms with Gasteiger partial charge in [0.1, 0.15) is 5.75 Å². The average Bonchev–Trinajstić information content (AvgIpc) is 2.54. The van der Waals surface area contributed by atoms with E-state index in [1.807, 2.05) is 36.4 Å². The van der Waals surface area contributed by atoms with Crippen LogP contribution in [0.5, 0.6) is 5.75 Å². The fourth-order valence-corrected chi connectivity index (χ4v) is 2.46. The topological polar surface area (TPSA) is 70.7 Å². The number of anilines is 2. The van der Waals surface area contributed by atoms with Crippen LogP contribution in [-0.2, 0) is 16.8 Å². The van der Waals surface area contributed by atoms with Crippen molar-refractivity contribution in [3.63, 3.8) is 0 Å². The van der Waals surface area contributed by atoms with Crippen LogP contribution in [-0.4, -0.2) is 33.9 Å². The molecule has 0 radical (unpaired) electrons. The van der Waals surface area contributed by atoms with Gasteiger partial charge in [-0.3, -0.25) is 4.72 Å². The molecule has 0 saturated heterocycles. The second-order valence-electron chi connectivity index (χ2n) is 5.17. The first-order chi connectivity index (χ1) is 10.9. The minimum atomic E-state index is -3.47. The lowest BCUT2D eigenvalue weighted by Gasteiger charge is -2.14. The van der Waals surface area contributed by atoms with Gasteiger partial charge in [0.25, 0.3) is 0 Å². The minimum Gasteiger partial charge on any atom is -0.497 e. The van der Waals surface area contributed by atoms with Crippen LogP contribution in [0, 0.1) is 0 Å². The molecule has 0 heterocycles. The SMILES string of the molecule is COc1ccc(CNc2ccc(NS(=O)(=O)N(C)C)cc2)cc1. The highest BCUT2D eigenvalue weighted by Gasteiger charge is 2.12. The molecule has 0 aliphatic heterocycles. The zero-order valence-corrected chi connectivity index (χ0v) is 14.2. The summed E-state index contributed by atoms with van der Waals surface area (Å²) in [6.07, 6.45) is 0. The lowest BCUT2D eigenvalue weighted by Crippen LogP contribution is -2.28. The molecule has 2 rings (SSSR count). The first-order valence-corrected chi connectivity index (χ1v) is 8.52. The van der Waals surface area contributed by atoms with Gasteiger partial charge >= 0.3 is 10.2 Å². The third-order valence-electron chi connectivity index (χ3n) is 3.27. The molecule has 2 aromatic rings. The van der Waals surface area contributed by atoms with E-state index in [9.17, 15) is 8.42 Å². The van der Waals surface area contributed by atoms with Crippen molar-refractivity contribution < 1.29 is 13.2 Å². The summed E-state index contributed by atoms with van der Waals surface area (Å²) in [6, 6.07) is 14.9. The van der Waals surface area contributed by atoms with Gasteiger partial charge in [0.05, 0.1) is 7.11 Å². The largest absolute Gasteiger partial charge is 0.497 e. The Kier molecular flexibility index (Phi) is 5.46. The fraction of sp³-hybridized carbons (Fsp3) is 0.250.